The van der Waals surface area contributed by atoms with Crippen molar-refractivity contribution >= 4 is 15.9 Å². The lowest BCUT2D eigenvalue weighted by molar-refractivity contribution is -0.00707. The highest BCUT2D eigenvalue weighted by Gasteiger charge is 2.51. The van der Waals surface area contributed by atoms with Crippen LogP contribution in [0.4, 0.5) is 4.39 Å². The third-order valence-electron chi connectivity index (χ3n) is 3.77. The molecule has 3 heteroatoms. The van der Waals surface area contributed by atoms with E-state index in [9.17, 15) is 9.50 Å². The van der Waals surface area contributed by atoms with Gasteiger partial charge in [0.25, 0.3) is 0 Å². The summed E-state index contributed by atoms with van der Waals surface area (Å²) in [4.78, 5) is 0. The first-order valence-corrected chi connectivity index (χ1v) is 6.29. The molecule has 1 nitrogen and oxygen atoms in total. The van der Waals surface area contributed by atoms with E-state index in [1.54, 1.807) is 0 Å². The third kappa shape index (κ3) is 2.30. The van der Waals surface area contributed by atoms with Crippen LogP contribution in [0.2, 0.25) is 0 Å². The standard InChI is InChI=1S/C13H16BrFO/c1-12(3-4-12)13(2,16)8-9-5-10(14)7-11(15)6-9/h5-7,16H,3-4,8H2,1-2H3. The van der Waals surface area contributed by atoms with Gasteiger partial charge in [-0.3, -0.25) is 0 Å². The van der Waals surface area contributed by atoms with Crippen molar-refractivity contribution in [3.8, 4) is 0 Å². The fraction of sp³-hybridized carbons (Fsp3) is 0.538. The summed E-state index contributed by atoms with van der Waals surface area (Å²) in [5.41, 5.74) is 0.0939. The predicted octanol–water partition coefficient (Wildman–Crippen LogP) is 3.68. The Balaban J connectivity index is 2.20. The molecule has 0 radical (unpaired) electrons. The molecule has 0 heterocycles. The van der Waals surface area contributed by atoms with Gasteiger partial charge in [-0.15, -0.1) is 0 Å². The molecule has 0 aliphatic heterocycles. The maximum atomic E-state index is 13.2. The minimum absolute atomic E-state index is 0.00575. The van der Waals surface area contributed by atoms with Crippen LogP contribution in [0.1, 0.15) is 32.3 Å². The van der Waals surface area contributed by atoms with Gasteiger partial charge in [0.15, 0.2) is 0 Å². The second-order valence-corrected chi connectivity index (χ2v) is 6.20. The molecule has 1 aliphatic carbocycles. The van der Waals surface area contributed by atoms with Gasteiger partial charge < -0.3 is 5.11 Å². The molecule has 1 fully saturated rings. The van der Waals surface area contributed by atoms with E-state index in [1.165, 1.54) is 12.1 Å². The molecule has 1 saturated carbocycles. The van der Waals surface area contributed by atoms with Gasteiger partial charge in [-0.1, -0.05) is 22.9 Å². The van der Waals surface area contributed by atoms with E-state index in [0.29, 0.717) is 6.42 Å². The molecule has 0 saturated heterocycles. The van der Waals surface area contributed by atoms with Crippen LogP contribution in [0, 0.1) is 11.2 Å². The first kappa shape index (κ1) is 12.1. The summed E-state index contributed by atoms with van der Waals surface area (Å²) >= 11 is 3.26. The average Bonchev–Trinajstić information content (AvgIpc) is 2.81. The maximum Gasteiger partial charge on any atom is 0.124 e. The molecule has 0 spiro atoms. The molecule has 88 valence electrons. The van der Waals surface area contributed by atoms with Crippen molar-refractivity contribution in [2.75, 3.05) is 0 Å². The Morgan fingerprint density at radius 1 is 1.44 bits per heavy atom. The second kappa shape index (κ2) is 3.81. The van der Waals surface area contributed by atoms with Gasteiger partial charge in [-0.2, -0.15) is 0 Å². The molecule has 0 aromatic heterocycles. The van der Waals surface area contributed by atoms with Crippen molar-refractivity contribution in [2.24, 2.45) is 5.41 Å². The van der Waals surface area contributed by atoms with Crippen LogP contribution < -0.4 is 0 Å². The van der Waals surface area contributed by atoms with E-state index in [1.807, 2.05) is 13.0 Å². The Bertz CT molecular complexity index is 390. The van der Waals surface area contributed by atoms with Gasteiger partial charge in [0.05, 0.1) is 5.60 Å². The van der Waals surface area contributed by atoms with E-state index < -0.39 is 5.60 Å². The number of benzene rings is 1. The van der Waals surface area contributed by atoms with E-state index in [-0.39, 0.29) is 11.2 Å². The van der Waals surface area contributed by atoms with Crippen LogP contribution in [0.25, 0.3) is 0 Å². The smallest absolute Gasteiger partial charge is 0.124 e. The first-order chi connectivity index (χ1) is 7.32. The molecule has 1 unspecified atom stereocenters. The Labute approximate surface area is 104 Å². The fourth-order valence-corrected chi connectivity index (χ4v) is 2.56. The van der Waals surface area contributed by atoms with Crippen molar-refractivity contribution in [2.45, 2.75) is 38.7 Å². The highest BCUT2D eigenvalue weighted by molar-refractivity contribution is 9.10. The van der Waals surface area contributed by atoms with Gasteiger partial charge in [-0.25, -0.2) is 4.39 Å². The van der Waals surface area contributed by atoms with Gasteiger partial charge in [0.2, 0.25) is 0 Å². The summed E-state index contributed by atoms with van der Waals surface area (Å²) in [6.45, 7) is 3.93. The lowest BCUT2D eigenvalue weighted by Crippen LogP contribution is -2.36. The highest BCUT2D eigenvalue weighted by Crippen LogP contribution is 2.54. The largest absolute Gasteiger partial charge is 0.389 e. The number of hydrogen-bond acceptors (Lipinski definition) is 1. The minimum Gasteiger partial charge on any atom is -0.389 e. The van der Waals surface area contributed by atoms with Gasteiger partial charge in [-0.05, 0) is 48.9 Å². The molecule has 0 amide bonds. The summed E-state index contributed by atoms with van der Waals surface area (Å²) < 4.78 is 13.9. The minimum atomic E-state index is -0.750. The summed E-state index contributed by atoms with van der Waals surface area (Å²) in [5, 5.41) is 10.4. The van der Waals surface area contributed by atoms with Crippen LogP contribution in [0.5, 0.6) is 0 Å². The molecular weight excluding hydrogens is 271 g/mol. The molecule has 2 rings (SSSR count). The van der Waals surface area contributed by atoms with E-state index >= 15 is 0 Å². The normalized spacial score (nSPS) is 21.6. The third-order valence-corrected chi connectivity index (χ3v) is 4.23. The Hall–Kier alpha value is -0.410. The SMILES string of the molecule is CC(O)(Cc1cc(F)cc(Br)c1)C1(C)CC1. The quantitative estimate of drug-likeness (QED) is 0.899. The molecule has 1 aliphatic rings. The van der Waals surface area contributed by atoms with Crippen LogP contribution in [0.15, 0.2) is 22.7 Å². The van der Waals surface area contributed by atoms with Crippen molar-refractivity contribution in [3.63, 3.8) is 0 Å². The second-order valence-electron chi connectivity index (χ2n) is 5.29. The zero-order valence-electron chi connectivity index (χ0n) is 9.56. The Morgan fingerprint density at radius 2 is 2.06 bits per heavy atom. The lowest BCUT2D eigenvalue weighted by Gasteiger charge is -2.30. The van der Waals surface area contributed by atoms with Crippen LogP contribution >= 0.6 is 15.9 Å². The van der Waals surface area contributed by atoms with Gasteiger partial charge in [0, 0.05) is 10.9 Å². The zero-order valence-corrected chi connectivity index (χ0v) is 11.1. The number of halogens is 2. The summed E-state index contributed by atoms with van der Waals surface area (Å²) in [5.74, 6) is -0.263. The lowest BCUT2D eigenvalue weighted by atomic mass is 9.82. The molecule has 1 aromatic rings. The van der Waals surface area contributed by atoms with Crippen molar-refractivity contribution in [1.82, 2.24) is 0 Å². The van der Waals surface area contributed by atoms with Crippen molar-refractivity contribution < 1.29 is 9.50 Å². The summed E-state index contributed by atoms with van der Waals surface area (Å²) in [6, 6.07) is 4.78. The van der Waals surface area contributed by atoms with Crippen LogP contribution in [0.3, 0.4) is 0 Å². The van der Waals surface area contributed by atoms with Crippen molar-refractivity contribution in [1.29, 1.82) is 0 Å². The monoisotopic (exact) mass is 286 g/mol. The van der Waals surface area contributed by atoms with E-state index in [4.69, 9.17) is 0 Å². The Morgan fingerprint density at radius 3 is 2.56 bits per heavy atom. The summed E-state index contributed by atoms with van der Waals surface area (Å²) in [7, 11) is 0. The topological polar surface area (TPSA) is 20.2 Å². The fourth-order valence-electron chi connectivity index (χ4n) is 2.05. The van der Waals surface area contributed by atoms with Gasteiger partial charge in [0.1, 0.15) is 5.82 Å². The molecule has 16 heavy (non-hydrogen) atoms. The average molecular weight is 287 g/mol. The molecule has 1 atom stereocenters. The van der Waals surface area contributed by atoms with Crippen LogP contribution in [-0.2, 0) is 6.42 Å². The van der Waals surface area contributed by atoms with Crippen LogP contribution in [-0.4, -0.2) is 10.7 Å². The molecule has 1 aromatic carbocycles. The zero-order chi connectivity index (χ0) is 12.0. The summed E-state index contributed by atoms with van der Waals surface area (Å²) in [6.07, 6.45) is 2.60. The molecule has 0 bridgehead atoms. The van der Waals surface area contributed by atoms with Gasteiger partial charge >= 0.3 is 0 Å². The number of hydrogen-bond donors (Lipinski definition) is 1. The van der Waals surface area contributed by atoms with Crippen molar-refractivity contribution in [3.05, 3.63) is 34.1 Å². The number of rotatable bonds is 3. The molecular formula is C13H16BrFO. The molecule has 1 N–H and O–H groups in total. The highest BCUT2D eigenvalue weighted by atomic mass is 79.9. The van der Waals surface area contributed by atoms with E-state index in [0.717, 1.165) is 22.9 Å². The Kier molecular flexibility index (Phi) is 2.87. The maximum absolute atomic E-state index is 13.2. The predicted molar refractivity (Wildman–Crippen MR) is 65.8 cm³/mol. The number of aliphatic hydroxyl groups is 1. The van der Waals surface area contributed by atoms with E-state index in [2.05, 4.69) is 22.9 Å². The first-order valence-electron chi connectivity index (χ1n) is 5.50.